The van der Waals surface area contributed by atoms with Gasteiger partial charge in [-0.1, -0.05) is 17.7 Å². The van der Waals surface area contributed by atoms with Gasteiger partial charge >= 0.3 is 0 Å². The third kappa shape index (κ3) is 3.81. The first-order valence-corrected chi connectivity index (χ1v) is 7.37. The van der Waals surface area contributed by atoms with E-state index in [4.69, 9.17) is 11.6 Å². The minimum absolute atomic E-state index is 0.297. The third-order valence-electron chi connectivity index (χ3n) is 3.17. The van der Waals surface area contributed by atoms with Gasteiger partial charge in [0.05, 0.1) is 11.2 Å². The Morgan fingerprint density at radius 3 is 2.84 bits per heavy atom. The van der Waals surface area contributed by atoms with E-state index in [0.29, 0.717) is 6.04 Å². The number of aryl methyl sites for hydroxylation is 2. The summed E-state index contributed by atoms with van der Waals surface area (Å²) in [6.45, 7) is 0. The van der Waals surface area contributed by atoms with E-state index >= 15 is 0 Å². The van der Waals surface area contributed by atoms with Gasteiger partial charge in [-0.05, 0) is 59.1 Å². The van der Waals surface area contributed by atoms with Crippen molar-refractivity contribution in [2.75, 3.05) is 7.05 Å². The molecule has 0 fully saturated rings. The van der Waals surface area contributed by atoms with Gasteiger partial charge in [0.25, 0.3) is 0 Å². The second kappa shape index (κ2) is 6.55. The molecule has 0 amide bonds. The quantitative estimate of drug-likeness (QED) is 0.897. The van der Waals surface area contributed by atoms with E-state index in [0.717, 1.165) is 22.3 Å². The molecule has 2 aromatic rings. The standard InChI is InChI=1S/C14H17BrClN3/c1-17-14(6-3-10-8-18-19(2)9-10)11-4-5-12(15)13(16)7-11/h4-5,7-9,14,17H,3,6H2,1-2H3. The van der Waals surface area contributed by atoms with Gasteiger partial charge in [-0.3, -0.25) is 4.68 Å². The molecule has 2 rings (SSSR count). The Bertz CT molecular complexity index is 553. The Balaban J connectivity index is 2.05. The van der Waals surface area contributed by atoms with Crippen molar-refractivity contribution in [1.29, 1.82) is 0 Å². The molecule has 0 aliphatic carbocycles. The predicted molar refractivity (Wildman–Crippen MR) is 82.5 cm³/mol. The van der Waals surface area contributed by atoms with E-state index in [2.05, 4.69) is 38.6 Å². The van der Waals surface area contributed by atoms with Crippen LogP contribution in [-0.4, -0.2) is 16.8 Å². The molecule has 3 nitrogen and oxygen atoms in total. The molecule has 19 heavy (non-hydrogen) atoms. The van der Waals surface area contributed by atoms with E-state index in [9.17, 15) is 0 Å². The van der Waals surface area contributed by atoms with Gasteiger partial charge in [0.2, 0.25) is 0 Å². The molecule has 5 heteroatoms. The highest BCUT2D eigenvalue weighted by Crippen LogP contribution is 2.27. The molecule has 0 aliphatic rings. The second-order valence-electron chi connectivity index (χ2n) is 4.58. The van der Waals surface area contributed by atoms with Gasteiger partial charge in [-0.2, -0.15) is 5.10 Å². The molecule has 0 radical (unpaired) electrons. The molecular formula is C14H17BrClN3. The highest BCUT2D eigenvalue weighted by molar-refractivity contribution is 9.10. The van der Waals surface area contributed by atoms with Gasteiger partial charge in [0.1, 0.15) is 0 Å². The highest BCUT2D eigenvalue weighted by Gasteiger charge is 2.11. The summed E-state index contributed by atoms with van der Waals surface area (Å²) in [4.78, 5) is 0. The maximum atomic E-state index is 6.15. The Morgan fingerprint density at radius 1 is 1.47 bits per heavy atom. The van der Waals surface area contributed by atoms with Crippen LogP contribution in [0.3, 0.4) is 0 Å². The van der Waals surface area contributed by atoms with E-state index in [-0.39, 0.29) is 0 Å². The van der Waals surface area contributed by atoms with Crippen molar-refractivity contribution in [2.45, 2.75) is 18.9 Å². The van der Waals surface area contributed by atoms with Crippen LogP contribution >= 0.6 is 27.5 Å². The lowest BCUT2D eigenvalue weighted by Gasteiger charge is -2.16. The number of halogens is 2. The lowest BCUT2D eigenvalue weighted by Crippen LogP contribution is -2.17. The van der Waals surface area contributed by atoms with Gasteiger partial charge < -0.3 is 5.32 Å². The van der Waals surface area contributed by atoms with Gasteiger partial charge in [0.15, 0.2) is 0 Å². The maximum absolute atomic E-state index is 6.15. The van der Waals surface area contributed by atoms with Crippen molar-refractivity contribution in [1.82, 2.24) is 15.1 Å². The topological polar surface area (TPSA) is 29.9 Å². The van der Waals surface area contributed by atoms with Crippen molar-refractivity contribution in [3.63, 3.8) is 0 Å². The van der Waals surface area contributed by atoms with Crippen LogP contribution in [-0.2, 0) is 13.5 Å². The summed E-state index contributed by atoms with van der Waals surface area (Å²) in [7, 11) is 3.91. The molecule has 0 saturated carbocycles. The molecule has 102 valence electrons. The molecule has 0 bridgehead atoms. The number of hydrogen-bond acceptors (Lipinski definition) is 2. The fourth-order valence-electron chi connectivity index (χ4n) is 2.12. The van der Waals surface area contributed by atoms with Crippen LogP contribution in [0.15, 0.2) is 35.1 Å². The number of rotatable bonds is 5. The first-order chi connectivity index (χ1) is 9.10. The van der Waals surface area contributed by atoms with Crippen molar-refractivity contribution >= 4 is 27.5 Å². The summed E-state index contributed by atoms with van der Waals surface area (Å²) in [5.41, 5.74) is 2.46. The van der Waals surface area contributed by atoms with Gasteiger partial charge in [0, 0.05) is 23.8 Å². The van der Waals surface area contributed by atoms with E-state index < -0.39 is 0 Å². The number of nitrogens with zero attached hydrogens (tertiary/aromatic N) is 2. The summed E-state index contributed by atoms with van der Waals surface area (Å²) >= 11 is 9.56. The minimum atomic E-state index is 0.297. The summed E-state index contributed by atoms with van der Waals surface area (Å²) in [5, 5.41) is 8.28. The van der Waals surface area contributed by atoms with Crippen LogP contribution in [0.25, 0.3) is 0 Å². The van der Waals surface area contributed by atoms with Crippen LogP contribution in [0.4, 0.5) is 0 Å². The van der Waals surface area contributed by atoms with E-state index in [1.54, 1.807) is 0 Å². The molecule has 0 aliphatic heterocycles. The van der Waals surface area contributed by atoms with Crippen LogP contribution < -0.4 is 5.32 Å². The van der Waals surface area contributed by atoms with Crippen LogP contribution in [0.1, 0.15) is 23.6 Å². The Kier molecular flexibility index (Phi) is 5.02. The van der Waals surface area contributed by atoms with Crippen molar-refractivity contribution in [2.24, 2.45) is 7.05 Å². The van der Waals surface area contributed by atoms with Gasteiger partial charge in [-0.25, -0.2) is 0 Å². The zero-order chi connectivity index (χ0) is 13.8. The molecule has 1 heterocycles. The molecule has 0 spiro atoms. The minimum Gasteiger partial charge on any atom is -0.313 e. The number of benzene rings is 1. The summed E-state index contributed by atoms with van der Waals surface area (Å²) in [5.74, 6) is 0. The fraction of sp³-hybridized carbons (Fsp3) is 0.357. The average molecular weight is 343 g/mol. The first kappa shape index (κ1) is 14.6. The smallest absolute Gasteiger partial charge is 0.0551 e. The number of hydrogen-bond donors (Lipinski definition) is 1. The summed E-state index contributed by atoms with van der Waals surface area (Å²) in [6, 6.07) is 6.40. The molecule has 1 aromatic carbocycles. The number of aromatic nitrogens is 2. The molecular weight excluding hydrogens is 326 g/mol. The zero-order valence-corrected chi connectivity index (χ0v) is 13.4. The largest absolute Gasteiger partial charge is 0.313 e. The molecule has 1 atom stereocenters. The molecule has 1 aromatic heterocycles. The van der Waals surface area contributed by atoms with Crippen molar-refractivity contribution in [3.05, 3.63) is 51.2 Å². The van der Waals surface area contributed by atoms with E-state index in [1.165, 1.54) is 11.1 Å². The Hall–Kier alpha value is -0.840. The molecule has 1 unspecified atom stereocenters. The summed E-state index contributed by atoms with van der Waals surface area (Å²) in [6.07, 6.45) is 5.98. The zero-order valence-electron chi connectivity index (χ0n) is 11.0. The highest BCUT2D eigenvalue weighted by atomic mass is 79.9. The maximum Gasteiger partial charge on any atom is 0.0551 e. The predicted octanol–water partition coefficient (Wildman–Crippen LogP) is 3.73. The van der Waals surface area contributed by atoms with Crippen LogP contribution in [0.2, 0.25) is 5.02 Å². The van der Waals surface area contributed by atoms with Crippen LogP contribution in [0, 0.1) is 0 Å². The normalized spacial score (nSPS) is 12.6. The van der Waals surface area contributed by atoms with Crippen molar-refractivity contribution < 1.29 is 0 Å². The Morgan fingerprint density at radius 2 is 2.26 bits per heavy atom. The number of nitrogens with one attached hydrogen (secondary N) is 1. The summed E-state index contributed by atoms with van der Waals surface area (Å²) < 4.78 is 2.76. The molecule has 1 N–H and O–H groups in total. The second-order valence-corrected chi connectivity index (χ2v) is 5.84. The monoisotopic (exact) mass is 341 g/mol. The molecule has 0 saturated heterocycles. The Labute approximate surface area is 127 Å². The average Bonchev–Trinajstić information content (AvgIpc) is 2.80. The van der Waals surface area contributed by atoms with Gasteiger partial charge in [-0.15, -0.1) is 0 Å². The fourth-order valence-corrected chi connectivity index (χ4v) is 2.55. The van der Waals surface area contributed by atoms with Crippen LogP contribution in [0.5, 0.6) is 0 Å². The van der Waals surface area contributed by atoms with E-state index in [1.807, 2.05) is 37.1 Å². The lowest BCUT2D eigenvalue weighted by molar-refractivity contribution is 0.549. The lowest BCUT2D eigenvalue weighted by atomic mass is 10.0. The third-order valence-corrected chi connectivity index (χ3v) is 4.41. The first-order valence-electron chi connectivity index (χ1n) is 6.20. The SMILES string of the molecule is CNC(CCc1cnn(C)c1)c1ccc(Br)c(Cl)c1. The van der Waals surface area contributed by atoms with Crippen molar-refractivity contribution in [3.8, 4) is 0 Å².